The highest BCUT2D eigenvalue weighted by atomic mass is 32.1. The molecule has 7 heteroatoms. The Morgan fingerprint density at radius 1 is 0.933 bits per heavy atom. The third-order valence-electron chi connectivity index (χ3n) is 4.78. The predicted octanol–water partition coefficient (Wildman–Crippen LogP) is 3.75. The van der Waals surface area contributed by atoms with Gasteiger partial charge in [-0.3, -0.25) is 20.4 Å². The molecule has 0 atom stereocenters. The van der Waals surface area contributed by atoms with Crippen LogP contribution in [0.3, 0.4) is 0 Å². The molecule has 0 fully saturated rings. The molecular weight excluding hydrogens is 400 g/mol. The van der Waals surface area contributed by atoms with Gasteiger partial charge in [0.25, 0.3) is 11.8 Å². The minimum Gasteiger partial charge on any atom is -0.490 e. The number of amides is 2. The van der Waals surface area contributed by atoms with Crippen LogP contribution in [0.5, 0.6) is 11.5 Å². The lowest BCUT2D eigenvalue weighted by atomic mass is 9.91. The van der Waals surface area contributed by atoms with Crippen molar-refractivity contribution < 1.29 is 19.1 Å². The number of hydrazine groups is 1. The number of nitrogens with one attached hydrogen (secondary N) is 2. The molecular formula is C23H22N2O4S. The summed E-state index contributed by atoms with van der Waals surface area (Å²) >= 11 is 1.44. The molecule has 2 aromatic carbocycles. The van der Waals surface area contributed by atoms with E-state index < -0.39 is 5.91 Å². The van der Waals surface area contributed by atoms with Crippen LogP contribution in [0.2, 0.25) is 0 Å². The second kappa shape index (κ2) is 9.00. The Hall–Kier alpha value is -3.32. The molecule has 1 heterocycles. The lowest BCUT2D eigenvalue weighted by molar-refractivity contribution is -0.123. The summed E-state index contributed by atoms with van der Waals surface area (Å²) in [5.74, 6) is 0.253. The molecule has 2 N–H and O–H groups in total. The molecule has 0 unspecified atom stereocenters. The van der Waals surface area contributed by atoms with Crippen molar-refractivity contribution in [3.8, 4) is 21.9 Å². The van der Waals surface area contributed by atoms with E-state index in [1.165, 1.54) is 28.0 Å². The number of rotatable bonds is 6. The van der Waals surface area contributed by atoms with Crippen LogP contribution in [0.25, 0.3) is 10.4 Å². The lowest BCUT2D eigenvalue weighted by Crippen LogP contribution is -2.43. The smallest absolute Gasteiger partial charge is 0.279 e. The van der Waals surface area contributed by atoms with E-state index in [1.54, 1.807) is 18.2 Å². The van der Waals surface area contributed by atoms with Crippen LogP contribution in [0, 0.1) is 0 Å². The fourth-order valence-electron chi connectivity index (χ4n) is 3.40. The Morgan fingerprint density at radius 3 is 2.43 bits per heavy atom. The lowest BCUT2D eigenvalue weighted by Gasteiger charge is -2.15. The number of carbonyl (C=O) groups is 2. The van der Waals surface area contributed by atoms with Gasteiger partial charge in [-0.25, -0.2) is 0 Å². The molecule has 6 nitrogen and oxygen atoms in total. The highest BCUT2D eigenvalue weighted by Gasteiger charge is 2.21. The van der Waals surface area contributed by atoms with Crippen molar-refractivity contribution in [2.45, 2.75) is 19.8 Å². The van der Waals surface area contributed by atoms with E-state index in [9.17, 15) is 9.59 Å². The summed E-state index contributed by atoms with van der Waals surface area (Å²) in [5.41, 5.74) is 8.54. The topological polar surface area (TPSA) is 76.7 Å². The summed E-state index contributed by atoms with van der Waals surface area (Å²) < 4.78 is 11.0. The van der Waals surface area contributed by atoms with Crippen molar-refractivity contribution in [3.63, 3.8) is 0 Å². The molecule has 0 saturated heterocycles. The molecule has 30 heavy (non-hydrogen) atoms. The Bertz CT molecular complexity index is 1080. The number of para-hydroxylation sites is 2. The van der Waals surface area contributed by atoms with E-state index in [-0.39, 0.29) is 12.5 Å². The molecule has 0 radical (unpaired) electrons. The van der Waals surface area contributed by atoms with E-state index >= 15 is 0 Å². The van der Waals surface area contributed by atoms with E-state index in [2.05, 4.69) is 23.0 Å². The standard InChI is InChI=1S/C23H22N2O4S/c1-2-28-18-9-5-6-10-19(18)29-14-21(26)24-25-23(27)20-13-16-12-11-15-7-3-4-8-17(15)22(16)30-20/h3-10,13H,2,11-12,14H2,1H3,(H,24,26)(H,25,27). The molecule has 4 rings (SSSR count). The van der Waals surface area contributed by atoms with Gasteiger partial charge in [-0.2, -0.15) is 0 Å². The monoisotopic (exact) mass is 422 g/mol. The summed E-state index contributed by atoms with van der Waals surface area (Å²) in [6.45, 7) is 2.14. The zero-order valence-electron chi connectivity index (χ0n) is 16.6. The van der Waals surface area contributed by atoms with Gasteiger partial charge < -0.3 is 9.47 Å². The number of thiophene rings is 1. The van der Waals surface area contributed by atoms with Crippen LogP contribution < -0.4 is 20.3 Å². The number of carbonyl (C=O) groups excluding carboxylic acids is 2. The molecule has 0 bridgehead atoms. The van der Waals surface area contributed by atoms with Gasteiger partial charge in [0.15, 0.2) is 18.1 Å². The van der Waals surface area contributed by atoms with E-state index in [0.29, 0.717) is 23.0 Å². The summed E-state index contributed by atoms with van der Waals surface area (Å²) in [4.78, 5) is 26.3. The third-order valence-corrected chi connectivity index (χ3v) is 5.99. The summed E-state index contributed by atoms with van der Waals surface area (Å²) in [6, 6.07) is 17.3. The first-order chi connectivity index (χ1) is 14.7. The van der Waals surface area contributed by atoms with E-state index in [4.69, 9.17) is 9.47 Å². The van der Waals surface area contributed by atoms with Crippen LogP contribution in [0.1, 0.15) is 27.7 Å². The number of fused-ring (bicyclic) bond motifs is 3. The molecule has 1 aliphatic carbocycles. The van der Waals surface area contributed by atoms with Crippen molar-refractivity contribution >= 4 is 23.2 Å². The second-order valence-corrected chi connectivity index (χ2v) is 7.85. The zero-order chi connectivity index (χ0) is 20.9. The number of hydrogen-bond donors (Lipinski definition) is 2. The van der Waals surface area contributed by atoms with Crippen LogP contribution in [0.15, 0.2) is 54.6 Å². The van der Waals surface area contributed by atoms with Crippen molar-refractivity contribution in [2.24, 2.45) is 0 Å². The predicted molar refractivity (Wildman–Crippen MR) is 116 cm³/mol. The van der Waals surface area contributed by atoms with Gasteiger partial charge in [0.1, 0.15) is 0 Å². The number of hydrogen-bond acceptors (Lipinski definition) is 5. The maximum absolute atomic E-state index is 12.5. The van der Waals surface area contributed by atoms with Gasteiger partial charge in [0.05, 0.1) is 11.5 Å². The Morgan fingerprint density at radius 2 is 1.63 bits per heavy atom. The first-order valence-electron chi connectivity index (χ1n) is 9.80. The third kappa shape index (κ3) is 4.31. The van der Waals surface area contributed by atoms with Crippen LogP contribution >= 0.6 is 11.3 Å². The molecule has 1 aromatic heterocycles. The minimum absolute atomic E-state index is 0.237. The molecule has 2 amide bonds. The van der Waals surface area contributed by atoms with Gasteiger partial charge in [-0.05, 0) is 54.7 Å². The molecule has 1 aliphatic rings. The van der Waals surface area contributed by atoms with Gasteiger partial charge in [-0.15, -0.1) is 11.3 Å². The Balaban J connectivity index is 1.34. The van der Waals surface area contributed by atoms with Gasteiger partial charge >= 0.3 is 0 Å². The van der Waals surface area contributed by atoms with Gasteiger partial charge in [0.2, 0.25) is 0 Å². The van der Waals surface area contributed by atoms with Crippen molar-refractivity contribution in [2.75, 3.05) is 13.2 Å². The quantitative estimate of drug-likeness (QED) is 0.593. The second-order valence-electron chi connectivity index (χ2n) is 6.79. The Kier molecular flexibility index (Phi) is 5.99. The number of ether oxygens (including phenoxy) is 2. The summed E-state index contributed by atoms with van der Waals surface area (Å²) in [5, 5.41) is 0. The zero-order valence-corrected chi connectivity index (χ0v) is 17.4. The van der Waals surface area contributed by atoms with Gasteiger partial charge in [0, 0.05) is 4.88 Å². The van der Waals surface area contributed by atoms with Crippen LogP contribution in [-0.2, 0) is 17.6 Å². The average Bonchev–Trinajstić information content (AvgIpc) is 3.22. The van der Waals surface area contributed by atoms with Crippen molar-refractivity contribution in [1.82, 2.24) is 10.9 Å². The summed E-state index contributed by atoms with van der Waals surface area (Å²) in [7, 11) is 0. The SMILES string of the molecule is CCOc1ccccc1OCC(=O)NNC(=O)c1cc2c(s1)-c1ccccc1CC2. The fourth-order valence-corrected chi connectivity index (χ4v) is 4.56. The van der Waals surface area contributed by atoms with Crippen molar-refractivity contribution in [3.05, 3.63) is 70.6 Å². The number of aryl methyl sites for hydroxylation is 2. The van der Waals surface area contributed by atoms with Crippen LogP contribution in [-0.4, -0.2) is 25.0 Å². The maximum Gasteiger partial charge on any atom is 0.279 e. The minimum atomic E-state index is -0.457. The highest BCUT2D eigenvalue weighted by Crippen LogP contribution is 2.39. The summed E-state index contributed by atoms with van der Waals surface area (Å²) in [6.07, 6.45) is 1.88. The Labute approximate surface area is 178 Å². The van der Waals surface area contributed by atoms with E-state index in [0.717, 1.165) is 17.7 Å². The molecule has 3 aromatic rings. The fraction of sp³-hybridized carbons (Fsp3) is 0.217. The van der Waals surface area contributed by atoms with E-state index in [1.807, 2.05) is 31.2 Å². The highest BCUT2D eigenvalue weighted by molar-refractivity contribution is 7.17. The molecule has 154 valence electrons. The van der Waals surface area contributed by atoms with Crippen molar-refractivity contribution in [1.29, 1.82) is 0 Å². The number of benzene rings is 2. The molecule has 0 aliphatic heterocycles. The maximum atomic E-state index is 12.5. The average molecular weight is 423 g/mol. The largest absolute Gasteiger partial charge is 0.490 e. The molecule has 0 spiro atoms. The first kappa shape index (κ1) is 20.0. The molecule has 0 saturated carbocycles. The van der Waals surface area contributed by atoms with Gasteiger partial charge in [-0.1, -0.05) is 36.4 Å². The first-order valence-corrected chi connectivity index (χ1v) is 10.6. The normalized spacial score (nSPS) is 11.8. The van der Waals surface area contributed by atoms with Crippen LogP contribution in [0.4, 0.5) is 0 Å².